The summed E-state index contributed by atoms with van der Waals surface area (Å²) in [5, 5.41) is 10.3. The third-order valence-electron chi connectivity index (χ3n) is 4.72. The van der Waals surface area contributed by atoms with Gasteiger partial charge in [0, 0.05) is 32.1 Å². The number of β-amino-alcohol motifs (C(OH)–C–C–N with tert-alkyl or cyclic N) is 1. The average molecular weight is 306 g/mol. The van der Waals surface area contributed by atoms with Crippen LogP contribution in [-0.4, -0.2) is 53.0 Å². The first-order chi connectivity index (χ1) is 10.6. The molecule has 0 aromatic heterocycles. The predicted molar refractivity (Wildman–Crippen MR) is 81.8 cm³/mol. The van der Waals surface area contributed by atoms with E-state index in [-0.39, 0.29) is 17.8 Å². The normalized spacial score (nSPS) is 24.7. The highest BCUT2D eigenvalue weighted by Crippen LogP contribution is 2.23. The Morgan fingerprint density at radius 2 is 2.00 bits per heavy atom. The molecular weight excluding hydrogens is 283 g/mol. The van der Waals surface area contributed by atoms with Gasteiger partial charge >= 0.3 is 0 Å². The van der Waals surface area contributed by atoms with Crippen LogP contribution in [0.4, 0.5) is 4.39 Å². The minimum atomic E-state index is -0.617. The summed E-state index contributed by atoms with van der Waals surface area (Å²) in [7, 11) is 0. The molecule has 0 aliphatic carbocycles. The van der Waals surface area contributed by atoms with Gasteiger partial charge in [0.2, 0.25) is 5.91 Å². The van der Waals surface area contributed by atoms with E-state index in [4.69, 9.17) is 0 Å². The molecule has 3 rings (SSSR count). The molecule has 2 atom stereocenters. The summed E-state index contributed by atoms with van der Waals surface area (Å²) in [6, 6.07) is 6.29. The van der Waals surface area contributed by atoms with Crippen LogP contribution in [-0.2, 0) is 4.79 Å². The fourth-order valence-corrected chi connectivity index (χ4v) is 3.54. The number of carbonyl (C=O) groups is 1. The van der Waals surface area contributed by atoms with Crippen LogP contribution >= 0.6 is 0 Å². The van der Waals surface area contributed by atoms with Gasteiger partial charge in [0.15, 0.2) is 0 Å². The van der Waals surface area contributed by atoms with Crippen LogP contribution in [0.25, 0.3) is 0 Å². The predicted octanol–water partition coefficient (Wildman–Crippen LogP) is 1.95. The molecule has 2 fully saturated rings. The van der Waals surface area contributed by atoms with Crippen LogP contribution in [0.1, 0.15) is 37.4 Å². The molecule has 1 aromatic rings. The van der Waals surface area contributed by atoms with Gasteiger partial charge < -0.3 is 10.0 Å². The Morgan fingerprint density at radius 1 is 1.23 bits per heavy atom. The molecule has 1 aromatic carbocycles. The molecule has 2 aliphatic heterocycles. The van der Waals surface area contributed by atoms with Gasteiger partial charge in [-0.25, -0.2) is 4.39 Å². The van der Waals surface area contributed by atoms with E-state index in [0.717, 1.165) is 44.5 Å². The van der Waals surface area contributed by atoms with Gasteiger partial charge in [-0.2, -0.15) is 0 Å². The minimum absolute atomic E-state index is 0.269. The zero-order chi connectivity index (χ0) is 15.5. The summed E-state index contributed by atoms with van der Waals surface area (Å²) in [5.41, 5.74) is 0.737. The molecule has 2 unspecified atom stereocenters. The van der Waals surface area contributed by atoms with Gasteiger partial charge in [-0.15, -0.1) is 0 Å². The van der Waals surface area contributed by atoms with E-state index in [1.165, 1.54) is 12.1 Å². The zero-order valence-electron chi connectivity index (χ0n) is 12.7. The number of likely N-dealkylation sites (tertiary alicyclic amines) is 2. The molecule has 0 spiro atoms. The number of aliphatic hydroxyl groups excluding tert-OH is 1. The quantitative estimate of drug-likeness (QED) is 0.924. The fourth-order valence-electron chi connectivity index (χ4n) is 3.54. The van der Waals surface area contributed by atoms with E-state index in [9.17, 15) is 14.3 Å². The van der Waals surface area contributed by atoms with Crippen molar-refractivity contribution in [2.45, 2.75) is 37.8 Å². The molecule has 2 saturated heterocycles. The largest absolute Gasteiger partial charge is 0.387 e. The first-order valence-corrected chi connectivity index (χ1v) is 8.09. The fraction of sp³-hybridized carbons (Fsp3) is 0.588. The van der Waals surface area contributed by atoms with Gasteiger partial charge in [0.25, 0.3) is 0 Å². The summed E-state index contributed by atoms with van der Waals surface area (Å²) < 4.78 is 12.9. The molecule has 1 amide bonds. The van der Waals surface area contributed by atoms with Gasteiger partial charge in [-0.05, 0) is 43.5 Å². The Hall–Kier alpha value is -1.46. The highest BCUT2D eigenvalue weighted by molar-refractivity contribution is 5.78. The summed E-state index contributed by atoms with van der Waals surface area (Å²) in [4.78, 5) is 16.1. The number of amides is 1. The van der Waals surface area contributed by atoms with Crippen molar-refractivity contribution >= 4 is 5.91 Å². The van der Waals surface area contributed by atoms with Crippen LogP contribution in [0.5, 0.6) is 0 Å². The van der Waals surface area contributed by atoms with Gasteiger partial charge in [-0.1, -0.05) is 12.1 Å². The SMILES string of the molecule is O=C1CCCN1C1CCCN(CC(O)c2ccc(F)cc2)C1. The summed E-state index contributed by atoms with van der Waals surface area (Å²) in [5.74, 6) is -0.0209. The maximum Gasteiger partial charge on any atom is 0.222 e. The molecule has 2 heterocycles. The second-order valence-electron chi connectivity index (χ2n) is 6.31. The molecule has 0 saturated carbocycles. The first-order valence-electron chi connectivity index (χ1n) is 8.09. The first kappa shape index (κ1) is 15.4. The standard InChI is InChI=1S/C17H23FN2O2/c18-14-7-5-13(6-8-14)16(21)12-19-9-1-3-15(11-19)20-10-2-4-17(20)22/h5-8,15-16,21H,1-4,9-12H2. The average Bonchev–Trinajstić information content (AvgIpc) is 2.94. The van der Waals surface area contributed by atoms with E-state index < -0.39 is 6.10 Å². The van der Waals surface area contributed by atoms with E-state index in [1.54, 1.807) is 12.1 Å². The Morgan fingerprint density at radius 3 is 2.68 bits per heavy atom. The second kappa shape index (κ2) is 6.75. The van der Waals surface area contributed by atoms with Crippen molar-refractivity contribution in [3.63, 3.8) is 0 Å². The van der Waals surface area contributed by atoms with Crippen molar-refractivity contribution in [3.05, 3.63) is 35.6 Å². The third-order valence-corrected chi connectivity index (χ3v) is 4.72. The molecule has 120 valence electrons. The number of aliphatic hydroxyl groups is 1. The highest BCUT2D eigenvalue weighted by Gasteiger charge is 2.31. The number of hydrogen-bond donors (Lipinski definition) is 1. The van der Waals surface area contributed by atoms with Crippen molar-refractivity contribution in [1.29, 1.82) is 0 Å². The number of carbonyl (C=O) groups excluding carboxylic acids is 1. The number of hydrogen-bond acceptors (Lipinski definition) is 3. The lowest BCUT2D eigenvalue weighted by molar-refractivity contribution is -0.130. The second-order valence-corrected chi connectivity index (χ2v) is 6.31. The zero-order valence-corrected chi connectivity index (χ0v) is 12.7. The lowest BCUT2D eigenvalue weighted by Gasteiger charge is -2.38. The molecule has 2 aliphatic rings. The molecule has 5 heteroatoms. The molecule has 0 bridgehead atoms. The lowest BCUT2D eigenvalue weighted by atomic mass is 10.0. The van der Waals surface area contributed by atoms with Gasteiger partial charge in [-0.3, -0.25) is 9.69 Å². The Balaban J connectivity index is 1.58. The summed E-state index contributed by atoms with van der Waals surface area (Å²) in [6.07, 6.45) is 3.12. The van der Waals surface area contributed by atoms with Gasteiger partial charge in [0.1, 0.15) is 5.82 Å². The van der Waals surface area contributed by atoms with Crippen LogP contribution in [0.15, 0.2) is 24.3 Å². The van der Waals surface area contributed by atoms with Crippen LogP contribution < -0.4 is 0 Å². The molecule has 0 radical (unpaired) electrons. The maximum atomic E-state index is 12.9. The van der Waals surface area contributed by atoms with Crippen molar-refractivity contribution in [2.24, 2.45) is 0 Å². The Labute approximate surface area is 130 Å². The number of rotatable bonds is 4. The van der Waals surface area contributed by atoms with E-state index in [2.05, 4.69) is 4.90 Å². The minimum Gasteiger partial charge on any atom is -0.387 e. The van der Waals surface area contributed by atoms with Crippen molar-refractivity contribution in [1.82, 2.24) is 9.80 Å². The highest BCUT2D eigenvalue weighted by atomic mass is 19.1. The van der Waals surface area contributed by atoms with Crippen LogP contribution in [0.3, 0.4) is 0 Å². The molecule has 4 nitrogen and oxygen atoms in total. The smallest absolute Gasteiger partial charge is 0.222 e. The molecular formula is C17H23FN2O2. The topological polar surface area (TPSA) is 43.8 Å². The number of nitrogens with zero attached hydrogens (tertiary/aromatic N) is 2. The van der Waals surface area contributed by atoms with E-state index in [0.29, 0.717) is 13.0 Å². The van der Waals surface area contributed by atoms with Crippen LogP contribution in [0, 0.1) is 5.82 Å². The van der Waals surface area contributed by atoms with E-state index >= 15 is 0 Å². The third kappa shape index (κ3) is 3.47. The maximum absolute atomic E-state index is 12.9. The Kier molecular flexibility index (Phi) is 4.74. The number of benzene rings is 1. The number of halogens is 1. The van der Waals surface area contributed by atoms with Crippen molar-refractivity contribution in [2.75, 3.05) is 26.2 Å². The van der Waals surface area contributed by atoms with Crippen molar-refractivity contribution in [3.8, 4) is 0 Å². The van der Waals surface area contributed by atoms with Gasteiger partial charge in [0.05, 0.1) is 6.10 Å². The van der Waals surface area contributed by atoms with Crippen molar-refractivity contribution < 1.29 is 14.3 Å². The monoisotopic (exact) mass is 306 g/mol. The molecule has 1 N–H and O–H groups in total. The number of piperidine rings is 1. The van der Waals surface area contributed by atoms with E-state index in [1.807, 2.05) is 4.90 Å². The Bertz CT molecular complexity index is 520. The summed E-state index contributed by atoms with van der Waals surface area (Å²) >= 11 is 0. The molecule has 22 heavy (non-hydrogen) atoms. The van der Waals surface area contributed by atoms with Crippen LogP contribution in [0.2, 0.25) is 0 Å². The lowest BCUT2D eigenvalue weighted by Crippen LogP contribution is -2.49. The summed E-state index contributed by atoms with van der Waals surface area (Å²) in [6.45, 7) is 3.17.